The number of aromatic amines is 1. The Balaban J connectivity index is 1.76. The number of aryl methyl sites for hydroxylation is 1. The summed E-state index contributed by atoms with van der Waals surface area (Å²) in [4.78, 5) is 42.5. The summed E-state index contributed by atoms with van der Waals surface area (Å²) in [6.45, 7) is 2.90. The summed E-state index contributed by atoms with van der Waals surface area (Å²) in [7, 11) is 0. The summed E-state index contributed by atoms with van der Waals surface area (Å²) in [6, 6.07) is 5.79. The second-order valence-corrected chi connectivity index (χ2v) is 8.73. The Labute approximate surface area is 200 Å². The first-order valence-corrected chi connectivity index (χ1v) is 12.2. The van der Waals surface area contributed by atoms with Crippen molar-refractivity contribution in [1.82, 2.24) is 15.2 Å². The number of nitrogens with two attached hydrogens (primary N) is 1. The standard InChI is InChI=1S/C25H36N4O5/c1-2-34-25(33)21(13-12-17-16-27-19-9-4-3-8-18(17)19)28-20(10-5-6-14-26)23(30)29-15-7-11-22(29)24(31)32/h3-4,8-9,16,20-22,27-28H,2,5-7,10-15,26H2,1H3,(H,31,32)/t20-,21-,22-/m0/s1. The molecule has 1 aromatic carbocycles. The first-order chi connectivity index (χ1) is 16.5. The highest BCUT2D eigenvalue weighted by atomic mass is 16.5. The van der Waals surface area contributed by atoms with Crippen LogP contribution >= 0.6 is 0 Å². The molecule has 1 amide bonds. The number of hydrogen-bond donors (Lipinski definition) is 4. The number of hydrogen-bond acceptors (Lipinski definition) is 6. The van der Waals surface area contributed by atoms with Crippen molar-refractivity contribution in [2.24, 2.45) is 5.73 Å². The van der Waals surface area contributed by atoms with Gasteiger partial charge in [-0.25, -0.2) is 4.79 Å². The number of fused-ring (bicyclic) bond motifs is 1. The van der Waals surface area contributed by atoms with Crippen LogP contribution in [0.1, 0.15) is 51.0 Å². The summed E-state index contributed by atoms with van der Waals surface area (Å²) in [5.41, 5.74) is 7.76. The summed E-state index contributed by atoms with van der Waals surface area (Å²) < 4.78 is 5.30. The Morgan fingerprint density at radius 1 is 1.24 bits per heavy atom. The largest absolute Gasteiger partial charge is 0.480 e. The number of nitrogens with zero attached hydrogens (tertiary/aromatic N) is 1. The Morgan fingerprint density at radius 3 is 2.76 bits per heavy atom. The fraction of sp³-hybridized carbons (Fsp3) is 0.560. The number of aromatic nitrogens is 1. The highest BCUT2D eigenvalue weighted by molar-refractivity contribution is 5.88. The lowest BCUT2D eigenvalue weighted by molar-refractivity contribution is -0.150. The van der Waals surface area contributed by atoms with E-state index in [2.05, 4.69) is 10.3 Å². The minimum Gasteiger partial charge on any atom is -0.480 e. The number of amides is 1. The van der Waals surface area contributed by atoms with E-state index in [0.717, 1.165) is 22.9 Å². The van der Waals surface area contributed by atoms with Gasteiger partial charge in [0.05, 0.1) is 12.6 Å². The average molecular weight is 473 g/mol. The van der Waals surface area contributed by atoms with E-state index < -0.39 is 30.1 Å². The molecule has 0 radical (unpaired) electrons. The van der Waals surface area contributed by atoms with Gasteiger partial charge in [0.25, 0.3) is 0 Å². The van der Waals surface area contributed by atoms with Gasteiger partial charge in [0.15, 0.2) is 0 Å². The zero-order valence-corrected chi connectivity index (χ0v) is 19.8. The zero-order chi connectivity index (χ0) is 24.5. The lowest BCUT2D eigenvalue weighted by atomic mass is 10.0. The van der Waals surface area contributed by atoms with Crippen LogP contribution in [0.4, 0.5) is 0 Å². The molecule has 0 unspecified atom stereocenters. The molecule has 0 saturated carbocycles. The number of ether oxygens (including phenoxy) is 1. The number of aliphatic carboxylic acids is 1. The molecule has 5 N–H and O–H groups in total. The number of carboxylic acid groups (broad SMARTS) is 1. The number of carboxylic acids is 1. The monoisotopic (exact) mass is 472 g/mol. The summed E-state index contributed by atoms with van der Waals surface area (Å²) in [5, 5.41) is 13.9. The molecule has 186 valence electrons. The molecule has 3 atom stereocenters. The fourth-order valence-corrected chi connectivity index (χ4v) is 4.65. The van der Waals surface area contributed by atoms with E-state index in [1.54, 1.807) is 6.92 Å². The number of nitrogens with one attached hydrogen (secondary N) is 2. The van der Waals surface area contributed by atoms with Gasteiger partial charge in [-0.15, -0.1) is 0 Å². The molecule has 1 aromatic heterocycles. The van der Waals surface area contributed by atoms with Crippen molar-refractivity contribution in [3.05, 3.63) is 36.0 Å². The van der Waals surface area contributed by atoms with E-state index in [1.165, 1.54) is 4.90 Å². The van der Waals surface area contributed by atoms with Crippen molar-refractivity contribution >= 4 is 28.7 Å². The Hall–Kier alpha value is -2.91. The number of carbonyl (C=O) groups is 3. The van der Waals surface area contributed by atoms with Crippen molar-refractivity contribution in [2.45, 2.75) is 70.0 Å². The smallest absolute Gasteiger partial charge is 0.326 e. The van der Waals surface area contributed by atoms with E-state index in [4.69, 9.17) is 10.5 Å². The maximum Gasteiger partial charge on any atom is 0.326 e. The van der Waals surface area contributed by atoms with Crippen LogP contribution in [0.5, 0.6) is 0 Å². The van der Waals surface area contributed by atoms with Crippen LogP contribution in [-0.4, -0.2) is 70.7 Å². The molecule has 0 spiro atoms. The van der Waals surface area contributed by atoms with Crippen molar-refractivity contribution in [1.29, 1.82) is 0 Å². The molecule has 2 aromatic rings. The second kappa shape index (κ2) is 12.5. The van der Waals surface area contributed by atoms with E-state index in [0.29, 0.717) is 51.6 Å². The quantitative estimate of drug-likeness (QED) is 0.259. The van der Waals surface area contributed by atoms with Crippen LogP contribution in [0.15, 0.2) is 30.5 Å². The third-order valence-corrected chi connectivity index (χ3v) is 6.42. The number of carbonyl (C=O) groups excluding carboxylic acids is 2. The number of rotatable bonds is 13. The van der Waals surface area contributed by atoms with E-state index in [1.807, 2.05) is 30.5 Å². The number of para-hydroxylation sites is 1. The molecule has 3 rings (SSSR count). The molecule has 0 bridgehead atoms. The zero-order valence-electron chi connectivity index (χ0n) is 19.8. The van der Waals surface area contributed by atoms with Crippen LogP contribution in [-0.2, 0) is 25.5 Å². The molecule has 34 heavy (non-hydrogen) atoms. The number of esters is 1. The molecule has 1 fully saturated rings. The SMILES string of the molecule is CCOC(=O)[C@H](CCc1c[nH]c2ccccc12)N[C@@H](CCCCN)C(=O)N1CCC[C@H]1C(=O)O. The maximum atomic E-state index is 13.4. The van der Waals surface area contributed by atoms with Crippen molar-refractivity contribution in [3.63, 3.8) is 0 Å². The highest BCUT2D eigenvalue weighted by Gasteiger charge is 2.38. The van der Waals surface area contributed by atoms with Crippen LogP contribution in [0.25, 0.3) is 10.9 Å². The number of unbranched alkanes of at least 4 members (excludes halogenated alkanes) is 1. The van der Waals surface area contributed by atoms with Gasteiger partial charge in [-0.05, 0) is 63.6 Å². The maximum absolute atomic E-state index is 13.4. The average Bonchev–Trinajstić information content (AvgIpc) is 3.48. The van der Waals surface area contributed by atoms with Gasteiger partial charge in [-0.2, -0.15) is 0 Å². The van der Waals surface area contributed by atoms with Crippen molar-refractivity contribution < 1.29 is 24.2 Å². The van der Waals surface area contributed by atoms with Gasteiger partial charge < -0.3 is 25.5 Å². The van der Waals surface area contributed by atoms with Crippen molar-refractivity contribution in [3.8, 4) is 0 Å². The number of benzene rings is 1. The van der Waals surface area contributed by atoms with E-state index in [-0.39, 0.29) is 12.5 Å². The summed E-state index contributed by atoms with van der Waals surface area (Å²) in [6.07, 6.45) is 6.02. The third-order valence-electron chi connectivity index (χ3n) is 6.42. The summed E-state index contributed by atoms with van der Waals surface area (Å²) in [5.74, 6) is -1.67. The summed E-state index contributed by atoms with van der Waals surface area (Å²) >= 11 is 0. The number of H-pyrrole nitrogens is 1. The molecule has 1 aliphatic rings. The number of likely N-dealkylation sites (tertiary alicyclic amines) is 1. The van der Waals surface area contributed by atoms with Gasteiger partial charge >= 0.3 is 11.9 Å². The predicted molar refractivity (Wildman–Crippen MR) is 129 cm³/mol. The van der Waals surface area contributed by atoms with Gasteiger partial charge in [0.1, 0.15) is 12.1 Å². The Bertz CT molecular complexity index is 975. The highest BCUT2D eigenvalue weighted by Crippen LogP contribution is 2.22. The van der Waals surface area contributed by atoms with Gasteiger partial charge in [-0.1, -0.05) is 24.6 Å². The molecular formula is C25H36N4O5. The van der Waals surface area contributed by atoms with Crippen LogP contribution in [0, 0.1) is 0 Å². The van der Waals surface area contributed by atoms with Gasteiger partial charge in [-0.3, -0.25) is 14.9 Å². The predicted octanol–water partition coefficient (Wildman–Crippen LogP) is 2.20. The first-order valence-electron chi connectivity index (χ1n) is 12.2. The van der Waals surface area contributed by atoms with Gasteiger partial charge in [0, 0.05) is 23.6 Å². The topological polar surface area (TPSA) is 138 Å². The van der Waals surface area contributed by atoms with E-state index >= 15 is 0 Å². The lowest BCUT2D eigenvalue weighted by Crippen LogP contribution is -2.54. The fourth-order valence-electron chi connectivity index (χ4n) is 4.65. The third kappa shape index (κ3) is 6.36. The molecular weight excluding hydrogens is 436 g/mol. The molecule has 0 aliphatic carbocycles. The molecule has 9 heteroatoms. The first kappa shape index (κ1) is 25.7. The minimum absolute atomic E-state index is 0.239. The molecule has 9 nitrogen and oxygen atoms in total. The Kier molecular flexibility index (Phi) is 9.47. The molecule has 1 saturated heterocycles. The molecule has 2 heterocycles. The van der Waals surface area contributed by atoms with Crippen molar-refractivity contribution in [2.75, 3.05) is 19.7 Å². The van der Waals surface area contributed by atoms with Crippen LogP contribution < -0.4 is 11.1 Å². The second-order valence-electron chi connectivity index (χ2n) is 8.73. The Morgan fingerprint density at radius 2 is 2.03 bits per heavy atom. The normalized spacial score (nSPS) is 17.6. The minimum atomic E-state index is -0.993. The lowest BCUT2D eigenvalue weighted by Gasteiger charge is -2.30. The van der Waals surface area contributed by atoms with E-state index in [9.17, 15) is 19.5 Å². The molecule has 1 aliphatic heterocycles. The van der Waals surface area contributed by atoms with Crippen LogP contribution in [0.2, 0.25) is 0 Å². The van der Waals surface area contributed by atoms with Crippen LogP contribution in [0.3, 0.4) is 0 Å². The van der Waals surface area contributed by atoms with Gasteiger partial charge in [0.2, 0.25) is 5.91 Å².